The maximum Gasteiger partial charge on any atom is 0.389 e. The van der Waals surface area contributed by atoms with Crippen molar-refractivity contribution in [2.75, 3.05) is 13.2 Å². The zero-order valence-electron chi connectivity index (χ0n) is 10.9. The molecule has 0 saturated carbocycles. The Bertz CT molecular complexity index is 472. The molecule has 2 rings (SSSR count). The summed E-state index contributed by atoms with van der Waals surface area (Å²) in [4.78, 5) is 5.01. The van der Waals surface area contributed by atoms with E-state index in [4.69, 9.17) is 9.57 Å². The molecule has 1 aliphatic rings. The molecule has 1 heterocycles. The number of nitrogens with zero attached hydrogens (tertiary/aromatic N) is 1. The summed E-state index contributed by atoms with van der Waals surface area (Å²) in [7, 11) is 0. The fourth-order valence-corrected chi connectivity index (χ4v) is 1.94. The highest BCUT2D eigenvalue weighted by Crippen LogP contribution is 2.24. The smallest absolute Gasteiger partial charge is 0.389 e. The predicted molar refractivity (Wildman–Crippen MR) is 68.9 cm³/mol. The summed E-state index contributed by atoms with van der Waals surface area (Å²) in [6, 6.07) is 7.46. The Labute approximate surface area is 115 Å². The fraction of sp³-hybridized carbons (Fsp3) is 0.500. The van der Waals surface area contributed by atoms with Crippen LogP contribution < -0.4 is 4.74 Å². The molecule has 3 nitrogen and oxygen atoms in total. The third-order valence-corrected chi connectivity index (χ3v) is 2.88. The molecular formula is C14H16F3NO2. The monoisotopic (exact) mass is 287 g/mol. The summed E-state index contributed by atoms with van der Waals surface area (Å²) in [5.41, 5.74) is 1.57. The van der Waals surface area contributed by atoms with Gasteiger partial charge in [0.2, 0.25) is 0 Å². The average molecular weight is 287 g/mol. The van der Waals surface area contributed by atoms with Gasteiger partial charge in [-0.3, -0.25) is 0 Å². The molecule has 0 amide bonds. The van der Waals surface area contributed by atoms with Crippen molar-refractivity contribution < 1.29 is 22.7 Å². The van der Waals surface area contributed by atoms with Gasteiger partial charge in [0, 0.05) is 12.0 Å². The average Bonchev–Trinajstić information content (AvgIpc) is 2.60. The number of oxime groups is 1. The number of para-hydroxylation sites is 1. The van der Waals surface area contributed by atoms with Crippen molar-refractivity contribution in [2.45, 2.75) is 31.9 Å². The van der Waals surface area contributed by atoms with Crippen LogP contribution in [0.5, 0.6) is 5.75 Å². The second kappa shape index (κ2) is 6.63. The van der Waals surface area contributed by atoms with Gasteiger partial charge in [0.25, 0.3) is 0 Å². The van der Waals surface area contributed by atoms with Gasteiger partial charge in [0.1, 0.15) is 12.4 Å². The minimum atomic E-state index is -4.14. The zero-order chi connectivity index (χ0) is 14.4. The normalized spacial score (nSPS) is 17.2. The van der Waals surface area contributed by atoms with Crippen LogP contribution in [0.2, 0.25) is 0 Å². The van der Waals surface area contributed by atoms with Crippen molar-refractivity contribution in [3.8, 4) is 5.75 Å². The van der Waals surface area contributed by atoms with Crippen molar-refractivity contribution in [1.29, 1.82) is 0 Å². The van der Waals surface area contributed by atoms with E-state index in [1.807, 2.05) is 24.3 Å². The van der Waals surface area contributed by atoms with Gasteiger partial charge in [-0.25, -0.2) is 0 Å². The predicted octanol–water partition coefficient (Wildman–Crippen LogP) is 3.92. The van der Waals surface area contributed by atoms with Crippen molar-refractivity contribution >= 4 is 5.71 Å². The highest BCUT2D eigenvalue weighted by Gasteiger charge is 2.26. The lowest BCUT2D eigenvalue weighted by Gasteiger charge is -2.08. The Morgan fingerprint density at radius 2 is 2.05 bits per heavy atom. The van der Waals surface area contributed by atoms with Crippen LogP contribution in [0, 0.1) is 0 Å². The second-order valence-electron chi connectivity index (χ2n) is 4.54. The van der Waals surface area contributed by atoms with Crippen LogP contribution in [0.3, 0.4) is 0 Å². The van der Waals surface area contributed by atoms with Crippen molar-refractivity contribution in [1.82, 2.24) is 0 Å². The highest BCUT2D eigenvalue weighted by atomic mass is 19.4. The molecule has 1 aliphatic heterocycles. The van der Waals surface area contributed by atoms with Gasteiger partial charge in [-0.2, -0.15) is 13.2 Å². The second-order valence-corrected chi connectivity index (χ2v) is 4.54. The molecule has 20 heavy (non-hydrogen) atoms. The minimum Gasteiger partial charge on any atom is -0.493 e. The molecule has 0 bridgehead atoms. The molecule has 0 aliphatic carbocycles. The molecule has 0 spiro atoms. The minimum absolute atomic E-state index is 0.0357. The number of halogens is 3. The van der Waals surface area contributed by atoms with E-state index in [9.17, 15) is 13.2 Å². The van der Waals surface area contributed by atoms with Gasteiger partial charge in [-0.1, -0.05) is 17.3 Å². The first-order chi connectivity index (χ1) is 9.56. The van der Waals surface area contributed by atoms with Crippen LogP contribution in [0.1, 0.15) is 31.2 Å². The van der Waals surface area contributed by atoms with E-state index in [-0.39, 0.29) is 13.0 Å². The van der Waals surface area contributed by atoms with E-state index in [1.54, 1.807) is 0 Å². The lowest BCUT2D eigenvalue weighted by molar-refractivity contribution is -0.137. The first kappa shape index (κ1) is 14.7. The Kier molecular flexibility index (Phi) is 4.87. The maximum atomic E-state index is 12.0. The third kappa shape index (κ3) is 4.43. The number of hydrogen-bond donors (Lipinski definition) is 0. The lowest BCUT2D eigenvalue weighted by Crippen LogP contribution is -2.08. The van der Waals surface area contributed by atoms with Crippen LogP contribution in [0.25, 0.3) is 0 Å². The first-order valence-corrected chi connectivity index (χ1v) is 6.54. The summed E-state index contributed by atoms with van der Waals surface area (Å²) in [6.07, 6.45) is -3.58. The van der Waals surface area contributed by atoms with Gasteiger partial charge in [0.15, 0.2) is 0 Å². The molecule has 1 aromatic rings. The van der Waals surface area contributed by atoms with E-state index in [0.29, 0.717) is 13.0 Å². The Morgan fingerprint density at radius 1 is 1.25 bits per heavy atom. The Morgan fingerprint density at radius 3 is 2.85 bits per heavy atom. The topological polar surface area (TPSA) is 30.8 Å². The number of fused-ring (bicyclic) bond motifs is 1. The molecule has 1 aromatic carbocycles. The first-order valence-electron chi connectivity index (χ1n) is 6.54. The van der Waals surface area contributed by atoms with Crippen molar-refractivity contribution in [3.05, 3.63) is 29.8 Å². The van der Waals surface area contributed by atoms with E-state index in [2.05, 4.69) is 5.16 Å². The van der Waals surface area contributed by atoms with Crippen molar-refractivity contribution in [2.24, 2.45) is 5.16 Å². The van der Waals surface area contributed by atoms with Crippen LogP contribution in [0.4, 0.5) is 13.2 Å². The van der Waals surface area contributed by atoms with E-state index in [0.717, 1.165) is 23.4 Å². The number of benzene rings is 1. The summed E-state index contributed by atoms with van der Waals surface area (Å²) >= 11 is 0. The highest BCUT2D eigenvalue weighted by molar-refractivity contribution is 6.02. The molecule has 0 aromatic heterocycles. The SMILES string of the molecule is FC(F)(F)CCCO/N=C1/CCCOc2ccccc21. The van der Waals surface area contributed by atoms with Gasteiger partial charge < -0.3 is 9.57 Å². The van der Waals surface area contributed by atoms with Crippen LogP contribution >= 0.6 is 0 Å². The summed E-state index contributed by atoms with van der Waals surface area (Å²) in [6.45, 7) is 0.566. The van der Waals surface area contributed by atoms with E-state index >= 15 is 0 Å². The van der Waals surface area contributed by atoms with Gasteiger partial charge in [-0.05, 0) is 31.4 Å². The molecule has 0 fully saturated rings. The summed E-state index contributed by atoms with van der Waals surface area (Å²) in [5.74, 6) is 0.739. The third-order valence-electron chi connectivity index (χ3n) is 2.88. The lowest BCUT2D eigenvalue weighted by atomic mass is 10.1. The molecule has 0 saturated heterocycles. The standard InChI is InChI=1S/C14H16F3NO2/c15-14(16,17)8-4-10-20-18-12-6-3-9-19-13-7-2-1-5-11(12)13/h1-2,5,7H,3-4,6,8-10H2/b18-12-. The van der Waals surface area contributed by atoms with Gasteiger partial charge >= 0.3 is 6.18 Å². The molecule has 0 radical (unpaired) electrons. The molecule has 6 heteroatoms. The summed E-state index contributed by atoms with van der Waals surface area (Å²) < 4.78 is 41.5. The van der Waals surface area contributed by atoms with Gasteiger partial charge in [-0.15, -0.1) is 0 Å². The Balaban J connectivity index is 1.93. The number of hydrogen-bond acceptors (Lipinski definition) is 3. The number of alkyl halides is 3. The van der Waals surface area contributed by atoms with Crippen molar-refractivity contribution in [3.63, 3.8) is 0 Å². The largest absolute Gasteiger partial charge is 0.493 e. The quantitative estimate of drug-likeness (QED) is 0.620. The number of rotatable bonds is 4. The zero-order valence-corrected chi connectivity index (χ0v) is 10.9. The maximum absolute atomic E-state index is 12.0. The molecule has 0 atom stereocenters. The van der Waals surface area contributed by atoms with Crippen LogP contribution in [0.15, 0.2) is 29.4 Å². The van der Waals surface area contributed by atoms with E-state index < -0.39 is 12.6 Å². The molecule has 0 N–H and O–H groups in total. The summed E-state index contributed by atoms with van der Waals surface area (Å²) in [5, 5.41) is 3.97. The molecular weight excluding hydrogens is 271 g/mol. The van der Waals surface area contributed by atoms with Crippen LogP contribution in [-0.2, 0) is 4.84 Å². The van der Waals surface area contributed by atoms with E-state index in [1.165, 1.54) is 0 Å². The van der Waals surface area contributed by atoms with Crippen LogP contribution in [-0.4, -0.2) is 25.1 Å². The molecule has 0 unspecified atom stereocenters. The molecule has 110 valence electrons. The fourth-order valence-electron chi connectivity index (χ4n) is 1.94. The Hall–Kier alpha value is -1.72. The number of ether oxygens (including phenoxy) is 1. The van der Waals surface area contributed by atoms with Gasteiger partial charge in [0.05, 0.1) is 12.3 Å².